The second-order valence-corrected chi connectivity index (χ2v) is 6.32. The van der Waals surface area contributed by atoms with Crippen molar-refractivity contribution >= 4 is 23.0 Å². The minimum Gasteiger partial charge on any atom is -0.466 e. The molecule has 7 nitrogen and oxygen atoms in total. The molecule has 25 heavy (non-hydrogen) atoms. The Labute approximate surface area is 146 Å². The Morgan fingerprint density at radius 2 is 2.28 bits per heavy atom. The van der Waals surface area contributed by atoms with Gasteiger partial charge in [0, 0.05) is 18.5 Å². The lowest BCUT2D eigenvalue weighted by atomic mass is 9.98. The number of nitrogens with zero attached hydrogens (tertiary/aromatic N) is 2. The highest BCUT2D eigenvalue weighted by Gasteiger charge is 2.29. The van der Waals surface area contributed by atoms with Gasteiger partial charge >= 0.3 is 12.0 Å². The van der Waals surface area contributed by atoms with E-state index in [4.69, 9.17) is 9.26 Å². The SMILES string of the molecule is CCOC(=O)[C@H]1CCCN(C(=O)NCc2noc3ccc(C)cc23)C1. The van der Waals surface area contributed by atoms with Gasteiger partial charge in [0.05, 0.1) is 19.1 Å². The van der Waals surface area contributed by atoms with Crippen LogP contribution >= 0.6 is 0 Å². The number of piperidine rings is 1. The summed E-state index contributed by atoms with van der Waals surface area (Å²) in [6, 6.07) is 5.62. The molecule has 1 fully saturated rings. The van der Waals surface area contributed by atoms with Crippen LogP contribution in [0.25, 0.3) is 11.0 Å². The Balaban J connectivity index is 1.60. The van der Waals surface area contributed by atoms with E-state index in [1.54, 1.807) is 11.8 Å². The van der Waals surface area contributed by atoms with Gasteiger partial charge in [-0.25, -0.2) is 4.79 Å². The number of carbonyl (C=O) groups excluding carboxylic acids is 2. The molecule has 3 rings (SSSR count). The second kappa shape index (κ2) is 7.55. The number of amides is 2. The average Bonchev–Trinajstić information content (AvgIpc) is 3.02. The average molecular weight is 345 g/mol. The summed E-state index contributed by atoms with van der Waals surface area (Å²) in [6.07, 6.45) is 1.55. The van der Waals surface area contributed by atoms with Crippen molar-refractivity contribution in [2.45, 2.75) is 33.2 Å². The lowest BCUT2D eigenvalue weighted by molar-refractivity contribution is -0.149. The molecule has 0 bridgehead atoms. The van der Waals surface area contributed by atoms with Gasteiger partial charge in [0.1, 0.15) is 5.69 Å². The molecule has 0 spiro atoms. The van der Waals surface area contributed by atoms with Crippen LogP contribution in [-0.4, -0.2) is 41.8 Å². The standard InChI is InChI=1S/C18H23N3O4/c1-3-24-17(22)13-5-4-8-21(11-13)18(23)19-10-15-14-9-12(2)6-7-16(14)25-20-15/h6-7,9,13H,3-5,8,10-11H2,1-2H3,(H,19,23)/t13-/m0/s1. The molecule has 1 aromatic heterocycles. The molecular formula is C18H23N3O4. The number of urea groups is 1. The van der Waals surface area contributed by atoms with E-state index < -0.39 is 0 Å². The lowest BCUT2D eigenvalue weighted by Crippen LogP contribution is -2.47. The maximum atomic E-state index is 12.4. The summed E-state index contributed by atoms with van der Waals surface area (Å²) in [4.78, 5) is 26.0. The van der Waals surface area contributed by atoms with Crippen molar-refractivity contribution in [3.8, 4) is 0 Å². The molecule has 2 heterocycles. The number of carbonyl (C=O) groups is 2. The fourth-order valence-electron chi connectivity index (χ4n) is 3.12. The number of aryl methyl sites for hydroxylation is 1. The van der Waals surface area contributed by atoms with E-state index in [9.17, 15) is 9.59 Å². The monoisotopic (exact) mass is 345 g/mol. The maximum Gasteiger partial charge on any atom is 0.317 e. The number of ether oxygens (including phenoxy) is 1. The number of benzene rings is 1. The summed E-state index contributed by atoms with van der Waals surface area (Å²) >= 11 is 0. The van der Waals surface area contributed by atoms with Crippen molar-refractivity contribution in [1.29, 1.82) is 0 Å². The van der Waals surface area contributed by atoms with Gasteiger partial charge in [0.2, 0.25) is 0 Å². The van der Waals surface area contributed by atoms with Crippen LogP contribution in [-0.2, 0) is 16.1 Å². The molecule has 0 saturated carbocycles. The third-order valence-corrected chi connectivity index (χ3v) is 4.44. The number of fused-ring (bicyclic) bond motifs is 1. The van der Waals surface area contributed by atoms with E-state index in [0.29, 0.717) is 31.0 Å². The smallest absolute Gasteiger partial charge is 0.317 e. The van der Waals surface area contributed by atoms with Crippen molar-refractivity contribution in [3.05, 3.63) is 29.5 Å². The highest BCUT2D eigenvalue weighted by molar-refractivity contribution is 5.81. The first-order valence-corrected chi connectivity index (χ1v) is 8.62. The van der Waals surface area contributed by atoms with E-state index in [1.807, 2.05) is 25.1 Å². The molecule has 1 aliphatic rings. The van der Waals surface area contributed by atoms with Gasteiger partial charge in [0.25, 0.3) is 0 Å². The van der Waals surface area contributed by atoms with Crippen LogP contribution < -0.4 is 5.32 Å². The van der Waals surface area contributed by atoms with Gasteiger partial charge in [-0.2, -0.15) is 0 Å². The molecule has 0 unspecified atom stereocenters. The van der Waals surface area contributed by atoms with Gasteiger partial charge in [0.15, 0.2) is 5.58 Å². The van der Waals surface area contributed by atoms with E-state index in [0.717, 1.165) is 23.8 Å². The molecule has 1 saturated heterocycles. The molecule has 134 valence electrons. The van der Waals surface area contributed by atoms with Crippen LogP contribution in [0, 0.1) is 12.8 Å². The zero-order chi connectivity index (χ0) is 17.8. The van der Waals surface area contributed by atoms with Crippen LogP contribution in [0.4, 0.5) is 4.79 Å². The number of hydrogen-bond donors (Lipinski definition) is 1. The second-order valence-electron chi connectivity index (χ2n) is 6.32. The first-order chi connectivity index (χ1) is 12.1. The molecule has 1 atom stereocenters. The first-order valence-electron chi connectivity index (χ1n) is 8.62. The fourth-order valence-corrected chi connectivity index (χ4v) is 3.12. The van der Waals surface area contributed by atoms with Crippen molar-refractivity contribution < 1.29 is 18.8 Å². The van der Waals surface area contributed by atoms with E-state index in [2.05, 4.69) is 10.5 Å². The molecule has 0 radical (unpaired) electrons. The van der Waals surface area contributed by atoms with Gasteiger partial charge < -0.3 is 19.5 Å². The number of aromatic nitrogens is 1. The molecule has 7 heteroatoms. The Kier molecular flexibility index (Phi) is 5.21. The molecule has 2 aromatic rings. The number of likely N-dealkylation sites (tertiary alicyclic amines) is 1. The molecule has 1 aromatic carbocycles. The number of nitrogens with one attached hydrogen (secondary N) is 1. The largest absolute Gasteiger partial charge is 0.466 e. The number of rotatable bonds is 4. The van der Waals surface area contributed by atoms with Gasteiger partial charge in [-0.3, -0.25) is 4.79 Å². The van der Waals surface area contributed by atoms with Crippen LogP contribution in [0.1, 0.15) is 31.0 Å². The van der Waals surface area contributed by atoms with Crippen LogP contribution in [0.3, 0.4) is 0 Å². The third kappa shape index (κ3) is 3.92. The Morgan fingerprint density at radius 1 is 1.44 bits per heavy atom. The highest BCUT2D eigenvalue weighted by atomic mass is 16.5. The van der Waals surface area contributed by atoms with Crippen molar-refractivity contribution in [2.75, 3.05) is 19.7 Å². The molecule has 0 aliphatic carbocycles. The summed E-state index contributed by atoms with van der Waals surface area (Å²) in [5.74, 6) is -0.465. The predicted octanol–water partition coefficient (Wildman–Crippen LogP) is 2.62. The summed E-state index contributed by atoms with van der Waals surface area (Å²) in [6.45, 7) is 5.47. The van der Waals surface area contributed by atoms with Crippen molar-refractivity contribution in [2.24, 2.45) is 5.92 Å². The normalized spacial score (nSPS) is 17.5. The van der Waals surface area contributed by atoms with E-state index in [1.165, 1.54) is 0 Å². The maximum absolute atomic E-state index is 12.4. The zero-order valence-electron chi connectivity index (χ0n) is 14.6. The third-order valence-electron chi connectivity index (χ3n) is 4.44. The zero-order valence-corrected chi connectivity index (χ0v) is 14.6. The molecular weight excluding hydrogens is 322 g/mol. The minimum absolute atomic E-state index is 0.196. The van der Waals surface area contributed by atoms with Gasteiger partial charge in [-0.1, -0.05) is 16.8 Å². The number of esters is 1. The van der Waals surface area contributed by atoms with Gasteiger partial charge in [-0.05, 0) is 38.8 Å². The highest BCUT2D eigenvalue weighted by Crippen LogP contribution is 2.21. The van der Waals surface area contributed by atoms with Crippen molar-refractivity contribution in [1.82, 2.24) is 15.4 Å². The summed E-state index contributed by atoms with van der Waals surface area (Å²) in [7, 11) is 0. The fraction of sp³-hybridized carbons (Fsp3) is 0.500. The minimum atomic E-state index is -0.241. The summed E-state index contributed by atoms with van der Waals surface area (Å²) < 4.78 is 10.3. The molecule has 1 aliphatic heterocycles. The summed E-state index contributed by atoms with van der Waals surface area (Å²) in [5.41, 5.74) is 2.51. The predicted molar refractivity (Wildman–Crippen MR) is 91.9 cm³/mol. The Morgan fingerprint density at radius 3 is 3.08 bits per heavy atom. The van der Waals surface area contributed by atoms with E-state index in [-0.39, 0.29) is 24.5 Å². The first kappa shape index (κ1) is 17.3. The van der Waals surface area contributed by atoms with Crippen LogP contribution in [0.5, 0.6) is 0 Å². The quantitative estimate of drug-likeness (QED) is 0.861. The number of hydrogen-bond acceptors (Lipinski definition) is 5. The van der Waals surface area contributed by atoms with Crippen molar-refractivity contribution in [3.63, 3.8) is 0 Å². The summed E-state index contributed by atoms with van der Waals surface area (Å²) in [5, 5.41) is 7.81. The Bertz CT molecular complexity index is 771. The van der Waals surface area contributed by atoms with E-state index >= 15 is 0 Å². The molecule has 2 amide bonds. The lowest BCUT2D eigenvalue weighted by Gasteiger charge is -2.31. The van der Waals surface area contributed by atoms with Gasteiger partial charge in [-0.15, -0.1) is 0 Å². The topological polar surface area (TPSA) is 84.7 Å². The Hall–Kier alpha value is -2.57. The van der Waals surface area contributed by atoms with Crippen LogP contribution in [0.15, 0.2) is 22.7 Å². The molecule has 1 N–H and O–H groups in total. The van der Waals surface area contributed by atoms with Crippen LogP contribution in [0.2, 0.25) is 0 Å².